The van der Waals surface area contributed by atoms with Crippen molar-refractivity contribution in [1.29, 1.82) is 0 Å². The molecular weight excluding hydrogens is 382 g/mol. The van der Waals surface area contributed by atoms with E-state index in [1.54, 1.807) is 12.4 Å². The zero-order valence-electron chi connectivity index (χ0n) is 16.1. The first-order valence-corrected chi connectivity index (χ1v) is 10.5. The molecule has 1 fully saturated rings. The molecule has 0 bridgehead atoms. The summed E-state index contributed by atoms with van der Waals surface area (Å²) >= 11 is 1.43. The van der Waals surface area contributed by atoms with E-state index in [0.717, 1.165) is 38.4 Å². The van der Waals surface area contributed by atoms with Crippen LogP contribution < -0.4 is 5.32 Å². The summed E-state index contributed by atoms with van der Waals surface area (Å²) in [5.41, 5.74) is 2.57. The van der Waals surface area contributed by atoms with Gasteiger partial charge in [-0.2, -0.15) is 0 Å². The number of carbonyl (C=O) groups is 1. The van der Waals surface area contributed by atoms with Crippen LogP contribution in [0.5, 0.6) is 0 Å². The van der Waals surface area contributed by atoms with Gasteiger partial charge < -0.3 is 10.2 Å². The van der Waals surface area contributed by atoms with E-state index in [0.29, 0.717) is 10.8 Å². The van der Waals surface area contributed by atoms with E-state index < -0.39 is 0 Å². The van der Waals surface area contributed by atoms with Crippen LogP contribution in [0.25, 0.3) is 6.08 Å². The molecule has 1 saturated heterocycles. The van der Waals surface area contributed by atoms with Crippen molar-refractivity contribution in [2.75, 3.05) is 38.0 Å². The highest BCUT2D eigenvalue weighted by Gasteiger charge is 2.23. The number of benzene rings is 1. The average molecular weight is 406 g/mol. The van der Waals surface area contributed by atoms with Crippen LogP contribution in [0.3, 0.4) is 0 Å². The predicted octanol–water partition coefficient (Wildman–Crippen LogP) is 3.75. The highest BCUT2D eigenvalue weighted by atomic mass is 32.1. The summed E-state index contributed by atoms with van der Waals surface area (Å²) in [6, 6.07) is 14.1. The summed E-state index contributed by atoms with van der Waals surface area (Å²) in [5.74, 6) is -0.0000330. The molecule has 0 aliphatic carbocycles. The van der Waals surface area contributed by atoms with Crippen LogP contribution in [0.15, 0.2) is 66.3 Å². The van der Waals surface area contributed by atoms with Crippen LogP contribution in [0, 0.1) is 0 Å². The SMILES string of the molecule is O=C(c1csc(Nc2cccnc2)n1)N1CCN(C/C=C/c2ccccc2)CC1. The first-order valence-electron chi connectivity index (χ1n) is 9.64. The van der Waals surface area contributed by atoms with Gasteiger partial charge in [0.2, 0.25) is 0 Å². The Kier molecular flexibility index (Phi) is 6.29. The van der Waals surface area contributed by atoms with Gasteiger partial charge in [0, 0.05) is 44.3 Å². The fourth-order valence-electron chi connectivity index (χ4n) is 3.19. The van der Waals surface area contributed by atoms with Crippen LogP contribution in [-0.2, 0) is 0 Å². The zero-order chi connectivity index (χ0) is 19.9. The number of piperazine rings is 1. The van der Waals surface area contributed by atoms with Crippen molar-refractivity contribution in [3.8, 4) is 0 Å². The standard InChI is InChI=1S/C22H23N5OS/c28-21(20-17-29-22(25-20)24-19-9-4-10-23-16-19)27-14-12-26(13-15-27)11-5-8-18-6-2-1-3-7-18/h1-10,16-17H,11-15H2,(H,24,25)/b8-5+. The summed E-state index contributed by atoms with van der Waals surface area (Å²) in [5, 5.41) is 5.70. The van der Waals surface area contributed by atoms with Crippen LogP contribution >= 0.6 is 11.3 Å². The van der Waals surface area contributed by atoms with Gasteiger partial charge in [-0.3, -0.25) is 14.7 Å². The maximum absolute atomic E-state index is 12.8. The third-order valence-electron chi connectivity index (χ3n) is 4.77. The normalized spacial score (nSPS) is 15.0. The van der Waals surface area contributed by atoms with E-state index in [9.17, 15) is 4.79 Å². The molecule has 0 radical (unpaired) electrons. The Morgan fingerprint density at radius 3 is 2.69 bits per heavy atom. The number of hydrogen-bond donors (Lipinski definition) is 1. The van der Waals surface area contributed by atoms with Crippen LogP contribution in [0.1, 0.15) is 16.1 Å². The van der Waals surface area contributed by atoms with Gasteiger partial charge in [-0.15, -0.1) is 11.3 Å². The predicted molar refractivity (Wildman–Crippen MR) is 117 cm³/mol. The molecule has 0 atom stereocenters. The molecule has 0 spiro atoms. The van der Waals surface area contributed by atoms with Gasteiger partial charge in [0.25, 0.3) is 5.91 Å². The van der Waals surface area contributed by atoms with E-state index in [2.05, 4.69) is 44.5 Å². The molecule has 2 aromatic heterocycles. The van der Waals surface area contributed by atoms with E-state index in [1.807, 2.05) is 40.6 Å². The number of carbonyl (C=O) groups excluding carboxylic acids is 1. The van der Waals surface area contributed by atoms with Gasteiger partial charge in [0.15, 0.2) is 5.13 Å². The molecule has 6 nitrogen and oxygen atoms in total. The fourth-order valence-corrected chi connectivity index (χ4v) is 3.89. The number of amides is 1. The first kappa shape index (κ1) is 19.3. The van der Waals surface area contributed by atoms with Crippen molar-refractivity contribution >= 4 is 34.1 Å². The summed E-state index contributed by atoms with van der Waals surface area (Å²) < 4.78 is 0. The Morgan fingerprint density at radius 2 is 1.93 bits per heavy atom. The second kappa shape index (κ2) is 9.45. The Labute approximate surface area is 174 Å². The Morgan fingerprint density at radius 1 is 1.10 bits per heavy atom. The third kappa shape index (κ3) is 5.28. The smallest absolute Gasteiger partial charge is 0.273 e. The van der Waals surface area contributed by atoms with Gasteiger partial charge in [-0.1, -0.05) is 42.5 Å². The lowest BCUT2D eigenvalue weighted by Crippen LogP contribution is -2.48. The second-order valence-electron chi connectivity index (χ2n) is 6.81. The monoisotopic (exact) mass is 405 g/mol. The van der Waals surface area contributed by atoms with Crippen molar-refractivity contribution in [3.05, 3.63) is 77.6 Å². The van der Waals surface area contributed by atoms with Crippen LogP contribution in [-0.4, -0.2) is 58.4 Å². The Bertz CT molecular complexity index is 950. The molecule has 1 aliphatic heterocycles. The molecule has 7 heteroatoms. The van der Waals surface area contributed by atoms with Crippen molar-refractivity contribution in [1.82, 2.24) is 19.8 Å². The molecule has 0 saturated carbocycles. The number of aromatic nitrogens is 2. The molecule has 0 unspecified atom stereocenters. The van der Waals surface area contributed by atoms with E-state index in [-0.39, 0.29) is 5.91 Å². The number of anilines is 2. The molecule has 4 rings (SSSR count). The molecule has 148 valence electrons. The van der Waals surface area contributed by atoms with E-state index >= 15 is 0 Å². The lowest BCUT2D eigenvalue weighted by molar-refractivity contribution is 0.0645. The minimum Gasteiger partial charge on any atom is -0.335 e. The summed E-state index contributed by atoms with van der Waals surface area (Å²) in [4.78, 5) is 25.5. The van der Waals surface area contributed by atoms with Gasteiger partial charge in [0.05, 0.1) is 11.9 Å². The van der Waals surface area contributed by atoms with Gasteiger partial charge in [-0.05, 0) is 17.7 Å². The fraction of sp³-hybridized carbons (Fsp3) is 0.227. The zero-order valence-corrected chi connectivity index (χ0v) is 16.9. The summed E-state index contributed by atoms with van der Waals surface area (Å²) in [7, 11) is 0. The molecule has 1 aromatic carbocycles. The average Bonchev–Trinajstić information content (AvgIpc) is 3.24. The summed E-state index contributed by atoms with van der Waals surface area (Å²) in [6.45, 7) is 4.08. The van der Waals surface area contributed by atoms with Crippen LogP contribution in [0.4, 0.5) is 10.8 Å². The van der Waals surface area contributed by atoms with Crippen molar-refractivity contribution in [2.45, 2.75) is 0 Å². The number of pyridine rings is 1. The number of rotatable bonds is 6. The van der Waals surface area contributed by atoms with Crippen molar-refractivity contribution in [3.63, 3.8) is 0 Å². The van der Waals surface area contributed by atoms with Gasteiger partial charge >= 0.3 is 0 Å². The first-order chi connectivity index (χ1) is 14.3. The Balaban J connectivity index is 1.26. The van der Waals surface area contributed by atoms with Crippen molar-refractivity contribution < 1.29 is 4.79 Å². The van der Waals surface area contributed by atoms with E-state index in [4.69, 9.17) is 0 Å². The highest BCUT2D eigenvalue weighted by Crippen LogP contribution is 2.21. The second-order valence-corrected chi connectivity index (χ2v) is 7.67. The molecule has 1 aliphatic rings. The maximum Gasteiger partial charge on any atom is 0.273 e. The number of nitrogens with one attached hydrogen (secondary N) is 1. The molecule has 29 heavy (non-hydrogen) atoms. The topological polar surface area (TPSA) is 61.4 Å². The highest BCUT2D eigenvalue weighted by molar-refractivity contribution is 7.14. The van der Waals surface area contributed by atoms with Crippen LogP contribution in [0.2, 0.25) is 0 Å². The lowest BCUT2D eigenvalue weighted by Gasteiger charge is -2.33. The van der Waals surface area contributed by atoms with Crippen molar-refractivity contribution in [2.24, 2.45) is 0 Å². The van der Waals surface area contributed by atoms with Gasteiger partial charge in [0.1, 0.15) is 5.69 Å². The minimum atomic E-state index is -0.0000330. The third-order valence-corrected chi connectivity index (χ3v) is 5.53. The molecule has 1 amide bonds. The minimum absolute atomic E-state index is 0.0000330. The molecule has 3 aromatic rings. The number of hydrogen-bond acceptors (Lipinski definition) is 6. The molecular formula is C22H23N5OS. The lowest BCUT2D eigenvalue weighted by atomic mass is 10.2. The van der Waals surface area contributed by atoms with E-state index in [1.165, 1.54) is 16.9 Å². The number of thiazole rings is 1. The molecule has 3 heterocycles. The van der Waals surface area contributed by atoms with Gasteiger partial charge in [-0.25, -0.2) is 4.98 Å². The maximum atomic E-state index is 12.8. The molecule has 1 N–H and O–H groups in total. The number of nitrogens with zero attached hydrogens (tertiary/aromatic N) is 4. The Hall–Kier alpha value is -3.03. The summed E-state index contributed by atoms with van der Waals surface area (Å²) in [6.07, 6.45) is 7.78. The quantitative estimate of drug-likeness (QED) is 0.677. The largest absolute Gasteiger partial charge is 0.335 e.